The van der Waals surface area contributed by atoms with Gasteiger partial charge in [-0.2, -0.15) is 0 Å². The molecule has 1 aromatic rings. The minimum Gasteiger partial charge on any atom is -0.486 e. The molecular weight excluding hydrogens is 220 g/mol. The van der Waals surface area contributed by atoms with E-state index in [4.69, 9.17) is 20.0 Å². The monoisotopic (exact) mass is 236 g/mol. The summed E-state index contributed by atoms with van der Waals surface area (Å²) in [5, 5.41) is 3.84. The Hall–Kier alpha value is -1.91. The van der Waals surface area contributed by atoms with Gasteiger partial charge in [0.2, 0.25) is 0 Å². The summed E-state index contributed by atoms with van der Waals surface area (Å²) in [6.45, 7) is 4.91. The lowest BCUT2D eigenvalue weighted by Gasteiger charge is -2.18. The molecule has 2 N–H and O–H groups in total. The number of rotatable bonds is 3. The van der Waals surface area contributed by atoms with E-state index in [9.17, 15) is 0 Å². The zero-order valence-electron chi connectivity index (χ0n) is 9.97. The van der Waals surface area contributed by atoms with E-state index >= 15 is 0 Å². The van der Waals surface area contributed by atoms with Crippen LogP contribution in [0.1, 0.15) is 19.4 Å². The van der Waals surface area contributed by atoms with Crippen molar-refractivity contribution in [3.8, 4) is 11.5 Å². The summed E-state index contributed by atoms with van der Waals surface area (Å²) in [6, 6.07) is 5.45. The van der Waals surface area contributed by atoms with Crippen molar-refractivity contribution in [2.45, 2.75) is 20.0 Å². The third-order valence-corrected chi connectivity index (χ3v) is 2.20. The van der Waals surface area contributed by atoms with Gasteiger partial charge in [-0.1, -0.05) is 5.16 Å². The summed E-state index contributed by atoms with van der Waals surface area (Å²) in [6.07, 6.45) is 0.00533. The topological polar surface area (TPSA) is 66.1 Å². The van der Waals surface area contributed by atoms with E-state index < -0.39 is 0 Å². The van der Waals surface area contributed by atoms with E-state index in [0.717, 1.165) is 11.3 Å². The van der Waals surface area contributed by atoms with Crippen LogP contribution in [0, 0.1) is 0 Å². The Kier molecular flexibility index (Phi) is 3.37. The first-order valence-corrected chi connectivity index (χ1v) is 5.56. The minimum absolute atomic E-state index is 0.00533. The average Bonchev–Trinajstić information content (AvgIpc) is 2.35. The van der Waals surface area contributed by atoms with Crippen molar-refractivity contribution in [3.63, 3.8) is 0 Å². The van der Waals surface area contributed by atoms with Gasteiger partial charge < -0.3 is 20.0 Å². The molecule has 0 bridgehead atoms. The molecule has 0 unspecified atom stereocenters. The number of nitrogens with two attached hydrogens (primary N) is 1. The lowest BCUT2D eigenvalue weighted by atomic mass is 10.2. The van der Waals surface area contributed by atoms with Gasteiger partial charge in [-0.05, 0) is 32.0 Å². The summed E-state index contributed by atoms with van der Waals surface area (Å²) in [4.78, 5) is 5.09. The molecule has 5 heteroatoms. The van der Waals surface area contributed by atoms with Crippen LogP contribution in [0.25, 0.3) is 0 Å². The molecule has 2 rings (SSSR count). The van der Waals surface area contributed by atoms with Crippen LogP contribution in [0.15, 0.2) is 23.4 Å². The lowest BCUT2D eigenvalue weighted by Crippen LogP contribution is -2.18. The highest BCUT2D eigenvalue weighted by Crippen LogP contribution is 2.30. The van der Waals surface area contributed by atoms with Gasteiger partial charge in [0.1, 0.15) is 19.3 Å². The summed E-state index contributed by atoms with van der Waals surface area (Å²) in [5.41, 5.74) is 6.56. The number of amidine groups is 1. The number of oxime groups is 1. The van der Waals surface area contributed by atoms with Crippen LogP contribution in [-0.4, -0.2) is 25.2 Å². The van der Waals surface area contributed by atoms with Crippen molar-refractivity contribution in [2.24, 2.45) is 10.9 Å². The van der Waals surface area contributed by atoms with Crippen molar-refractivity contribution in [2.75, 3.05) is 13.2 Å². The Morgan fingerprint density at radius 3 is 2.71 bits per heavy atom. The second-order valence-electron chi connectivity index (χ2n) is 3.99. The highest BCUT2D eigenvalue weighted by Gasteiger charge is 2.13. The van der Waals surface area contributed by atoms with Crippen molar-refractivity contribution in [1.82, 2.24) is 0 Å². The fourth-order valence-corrected chi connectivity index (χ4v) is 1.42. The van der Waals surface area contributed by atoms with Crippen molar-refractivity contribution >= 4 is 5.84 Å². The molecule has 0 fully saturated rings. The molecule has 5 nitrogen and oxygen atoms in total. The molecule has 1 aliphatic rings. The van der Waals surface area contributed by atoms with E-state index in [-0.39, 0.29) is 6.10 Å². The average molecular weight is 236 g/mol. The second-order valence-corrected chi connectivity index (χ2v) is 3.99. The standard InChI is InChI=1S/C12H16N2O3/c1-8(2)17-14-12(13)9-3-4-10-11(7-9)16-6-5-15-10/h3-4,7-8H,5-6H2,1-2H3,(H2,13,14). The van der Waals surface area contributed by atoms with E-state index in [1.165, 1.54) is 0 Å². The number of hydrogen-bond donors (Lipinski definition) is 1. The molecule has 0 aromatic heterocycles. The summed E-state index contributed by atoms with van der Waals surface area (Å²) >= 11 is 0. The van der Waals surface area contributed by atoms with Crippen molar-refractivity contribution < 1.29 is 14.3 Å². The van der Waals surface area contributed by atoms with E-state index in [1.54, 1.807) is 6.07 Å². The van der Waals surface area contributed by atoms with Crippen LogP contribution >= 0.6 is 0 Å². The number of benzene rings is 1. The summed E-state index contributed by atoms with van der Waals surface area (Å²) in [5.74, 6) is 1.75. The minimum atomic E-state index is 0.00533. The second kappa shape index (κ2) is 4.95. The maximum absolute atomic E-state index is 5.81. The van der Waals surface area contributed by atoms with Gasteiger partial charge in [0.05, 0.1) is 0 Å². The first kappa shape index (κ1) is 11.6. The summed E-state index contributed by atoms with van der Waals surface area (Å²) < 4.78 is 10.9. The Morgan fingerprint density at radius 2 is 2.00 bits per heavy atom. The fourth-order valence-electron chi connectivity index (χ4n) is 1.42. The summed E-state index contributed by atoms with van der Waals surface area (Å²) in [7, 11) is 0. The fraction of sp³-hybridized carbons (Fsp3) is 0.417. The molecule has 0 aliphatic carbocycles. The van der Waals surface area contributed by atoms with Gasteiger partial charge in [0.15, 0.2) is 17.3 Å². The Morgan fingerprint density at radius 1 is 1.29 bits per heavy atom. The number of ether oxygens (including phenoxy) is 2. The SMILES string of the molecule is CC(C)O/N=C(\N)c1ccc2c(c1)OCCO2. The molecule has 92 valence electrons. The zero-order chi connectivity index (χ0) is 12.3. The predicted molar refractivity (Wildman–Crippen MR) is 64.4 cm³/mol. The number of nitrogens with zero attached hydrogens (tertiary/aromatic N) is 1. The molecule has 0 saturated carbocycles. The number of fused-ring (bicyclic) bond motifs is 1. The smallest absolute Gasteiger partial charge is 0.170 e. The van der Waals surface area contributed by atoms with Gasteiger partial charge in [0, 0.05) is 5.56 Å². The van der Waals surface area contributed by atoms with Gasteiger partial charge >= 0.3 is 0 Å². The first-order chi connectivity index (χ1) is 8.16. The Balaban J connectivity index is 2.18. The van der Waals surface area contributed by atoms with Gasteiger partial charge in [-0.15, -0.1) is 0 Å². The van der Waals surface area contributed by atoms with Gasteiger partial charge in [-0.3, -0.25) is 0 Å². The molecule has 0 atom stereocenters. The lowest BCUT2D eigenvalue weighted by molar-refractivity contribution is 0.0858. The van der Waals surface area contributed by atoms with Crippen LogP contribution in [0.5, 0.6) is 11.5 Å². The van der Waals surface area contributed by atoms with Crippen LogP contribution in [-0.2, 0) is 4.84 Å². The highest BCUT2D eigenvalue weighted by atomic mass is 16.6. The van der Waals surface area contributed by atoms with Crippen LogP contribution in [0.2, 0.25) is 0 Å². The van der Waals surface area contributed by atoms with Crippen LogP contribution < -0.4 is 15.2 Å². The molecule has 1 heterocycles. The third kappa shape index (κ3) is 2.81. The molecule has 17 heavy (non-hydrogen) atoms. The molecule has 0 radical (unpaired) electrons. The maximum Gasteiger partial charge on any atom is 0.170 e. The van der Waals surface area contributed by atoms with Crippen molar-refractivity contribution in [1.29, 1.82) is 0 Å². The Labute approximate surface area is 100 Å². The van der Waals surface area contributed by atoms with E-state index in [0.29, 0.717) is 24.8 Å². The Bertz CT molecular complexity index is 430. The quantitative estimate of drug-likeness (QED) is 0.490. The third-order valence-electron chi connectivity index (χ3n) is 2.20. The van der Waals surface area contributed by atoms with E-state index in [2.05, 4.69) is 5.16 Å². The molecule has 0 saturated heterocycles. The molecule has 0 amide bonds. The van der Waals surface area contributed by atoms with Crippen molar-refractivity contribution in [3.05, 3.63) is 23.8 Å². The molecule has 1 aromatic carbocycles. The molecule has 0 spiro atoms. The maximum atomic E-state index is 5.81. The van der Waals surface area contributed by atoms with E-state index in [1.807, 2.05) is 26.0 Å². The van der Waals surface area contributed by atoms with Crippen LogP contribution in [0.3, 0.4) is 0 Å². The van der Waals surface area contributed by atoms with Gasteiger partial charge in [-0.25, -0.2) is 0 Å². The molecular formula is C12H16N2O3. The van der Waals surface area contributed by atoms with Gasteiger partial charge in [0.25, 0.3) is 0 Å². The number of hydrogen-bond acceptors (Lipinski definition) is 4. The first-order valence-electron chi connectivity index (χ1n) is 5.56. The molecule has 1 aliphatic heterocycles. The van der Waals surface area contributed by atoms with Crippen LogP contribution in [0.4, 0.5) is 0 Å². The highest BCUT2D eigenvalue weighted by molar-refractivity contribution is 5.97. The largest absolute Gasteiger partial charge is 0.486 e. The predicted octanol–water partition coefficient (Wildman–Crippen LogP) is 1.50. The normalized spacial score (nSPS) is 14.9. The zero-order valence-corrected chi connectivity index (χ0v) is 9.97.